The summed E-state index contributed by atoms with van der Waals surface area (Å²) in [6.07, 6.45) is 26.1. The number of nitrogens with one attached hydrogen (secondary N) is 2. The van der Waals surface area contributed by atoms with E-state index in [1.165, 1.54) is 87.8 Å². The Balaban J connectivity index is 1.11. The normalized spacial score (nSPS) is 21.1. The van der Waals surface area contributed by atoms with E-state index in [0.717, 1.165) is 19.3 Å². The molecule has 1 aliphatic heterocycles. The minimum atomic E-state index is 0.0221. The second-order valence-corrected chi connectivity index (χ2v) is 14.8. The van der Waals surface area contributed by atoms with E-state index < -0.39 is 0 Å². The minimum Gasteiger partial charge on any atom is -0.366 e. The van der Waals surface area contributed by atoms with Gasteiger partial charge >= 0.3 is 0 Å². The monoisotopic (exact) mass is 681 g/mol. The predicted molar refractivity (Wildman–Crippen MR) is 223 cm³/mol. The molecule has 4 aliphatic rings. The van der Waals surface area contributed by atoms with Crippen LogP contribution in [0.4, 0.5) is 0 Å². The molecular formula is C50H39N3. The van der Waals surface area contributed by atoms with Gasteiger partial charge in [-0.15, -0.1) is 0 Å². The van der Waals surface area contributed by atoms with E-state index >= 15 is 0 Å². The molecule has 53 heavy (non-hydrogen) atoms. The number of aromatic nitrogens is 1. The van der Waals surface area contributed by atoms with Crippen LogP contribution in [0.2, 0.25) is 0 Å². The van der Waals surface area contributed by atoms with E-state index in [4.69, 9.17) is 0 Å². The first-order valence-electron chi connectivity index (χ1n) is 19.0. The third kappa shape index (κ3) is 4.92. The summed E-state index contributed by atoms with van der Waals surface area (Å²) in [7, 11) is 0. The van der Waals surface area contributed by atoms with Crippen molar-refractivity contribution >= 4 is 54.1 Å². The summed E-state index contributed by atoms with van der Waals surface area (Å²) in [4.78, 5) is 0. The van der Waals surface area contributed by atoms with Crippen molar-refractivity contribution in [2.24, 2.45) is 5.92 Å². The summed E-state index contributed by atoms with van der Waals surface area (Å²) >= 11 is 0. The molecule has 3 unspecified atom stereocenters. The second-order valence-electron chi connectivity index (χ2n) is 14.8. The van der Waals surface area contributed by atoms with E-state index in [0.29, 0.717) is 5.92 Å². The van der Waals surface area contributed by atoms with Gasteiger partial charge < -0.3 is 9.88 Å². The standard InChI is InChI=1S/C50H39N3/c1-2-15-34(16-3-1)44-31-45(52-50(51-44)37-26-25-32-13-4-5-17-35(32)29-37)36-18-12-19-38(30-36)53-46-24-11-10-23-43(46)48-47-39-20-7-6-14-33(39)27-28-41(47)40-21-8-9-22-42(40)49(48)53/h2,4-28,30-31,35,45,50-52H,1,3,29H2. The lowest BCUT2D eigenvalue weighted by Gasteiger charge is -2.37. The molecule has 0 spiro atoms. The molecule has 3 heteroatoms. The minimum absolute atomic E-state index is 0.0221. The van der Waals surface area contributed by atoms with Gasteiger partial charge in [-0.3, -0.25) is 5.32 Å². The van der Waals surface area contributed by atoms with Gasteiger partial charge in [-0.05, 0) is 87.4 Å². The van der Waals surface area contributed by atoms with Crippen LogP contribution < -0.4 is 10.6 Å². The van der Waals surface area contributed by atoms with Crippen molar-refractivity contribution in [2.75, 3.05) is 0 Å². The SMILES string of the molecule is C1=CC2=CC=C(C3NC(C4=CCCC=C4)=CC(c4cccc(-n5c6ccccc6c6c7c8ccccc8ccc7c7ccccc7c65)c4)N3)CC2C=C1. The maximum Gasteiger partial charge on any atom is 0.100 e. The Bertz CT molecular complexity index is 2890. The average molecular weight is 682 g/mol. The summed E-state index contributed by atoms with van der Waals surface area (Å²) in [5.41, 5.74) is 10.2. The van der Waals surface area contributed by atoms with Crippen LogP contribution in [0.25, 0.3) is 59.8 Å². The maximum atomic E-state index is 4.04. The number of nitrogens with zero attached hydrogens (tertiary/aromatic N) is 1. The molecule has 3 atom stereocenters. The van der Waals surface area contributed by atoms with Gasteiger partial charge in [-0.2, -0.15) is 0 Å². The van der Waals surface area contributed by atoms with Crippen LogP contribution in [0, 0.1) is 5.92 Å². The highest BCUT2D eigenvalue weighted by molar-refractivity contribution is 6.36. The number of fused-ring (bicyclic) bond motifs is 11. The molecule has 7 aromatic rings. The molecule has 3 nitrogen and oxygen atoms in total. The molecule has 254 valence electrons. The topological polar surface area (TPSA) is 29.0 Å². The van der Waals surface area contributed by atoms with E-state index in [9.17, 15) is 0 Å². The molecule has 1 aromatic heterocycles. The number of allylic oxidation sites excluding steroid dienone is 10. The predicted octanol–water partition coefficient (Wildman–Crippen LogP) is 12.0. The fourth-order valence-electron chi connectivity index (χ4n) is 9.29. The van der Waals surface area contributed by atoms with Crippen molar-refractivity contribution in [2.45, 2.75) is 31.5 Å². The summed E-state index contributed by atoms with van der Waals surface area (Å²) in [6, 6.07) is 40.6. The Kier molecular flexibility index (Phi) is 7.03. The van der Waals surface area contributed by atoms with Crippen molar-refractivity contribution in [3.05, 3.63) is 198 Å². The fraction of sp³-hybridized carbons (Fsp3) is 0.120. The molecule has 0 bridgehead atoms. The molecule has 6 aromatic carbocycles. The molecule has 3 aliphatic carbocycles. The zero-order valence-corrected chi connectivity index (χ0v) is 29.5. The zero-order chi connectivity index (χ0) is 34.9. The number of benzene rings is 6. The lowest BCUT2D eigenvalue weighted by molar-refractivity contribution is 0.435. The van der Waals surface area contributed by atoms with Crippen LogP contribution >= 0.6 is 0 Å². The fourth-order valence-corrected chi connectivity index (χ4v) is 9.29. The molecule has 0 saturated heterocycles. The zero-order valence-electron chi connectivity index (χ0n) is 29.5. The first-order valence-corrected chi connectivity index (χ1v) is 19.0. The van der Waals surface area contributed by atoms with Crippen LogP contribution in [-0.2, 0) is 0 Å². The second kappa shape index (κ2) is 12.2. The largest absolute Gasteiger partial charge is 0.366 e. The maximum absolute atomic E-state index is 4.04. The highest BCUT2D eigenvalue weighted by atomic mass is 15.2. The Morgan fingerprint density at radius 3 is 2.42 bits per heavy atom. The van der Waals surface area contributed by atoms with Gasteiger partial charge in [0.15, 0.2) is 0 Å². The number of hydrogen-bond acceptors (Lipinski definition) is 2. The van der Waals surface area contributed by atoms with Crippen LogP contribution in [0.3, 0.4) is 0 Å². The highest BCUT2D eigenvalue weighted by Gasteiger charge is 2.29. The number of rotatable bonds is 4. The van der Waals surface area contributed by atoms with Crippen molar-refractivity contribution in [1.29, 1.82) is 0 Å². The van der Waals surface area contributed by atoms with Crippen LogP contribution in [-0.4, -0.2) is 10.7 Å². The van der Waals surface area contributed by atoms with E-state index in [-0.39, 0.29) is 12.2 Å². The molecule has 11 rings (SSSR count). The summed E-state index contributed by atoms with van der Waals surface area (Å²) < 4.78 is 2.52. The third-order valence-corrected chi connectivity index (χ3v) is 11.8. The molecule has 0 saturated carbocycles. The first-order chi connectivity index (χ1) is 26.3. The molecule has 0 amide bonds. The van der Waals surface area contributed by atoms with Gasteiger partial charge in [0.25, 0.3) is 0 Å². The number of para-hydroxylation sites is 1. The van der Waals surface area contributed by atoms with Crippen molar-refractivity contribution in [3.63, 3.8) is 0 Å². The summed E-state index contributed by atoms with van der Waals surface area (Å²) in [5, 5.41) is 18.3. The summed E-state index contributed by atoms with van der Waals surface area (Å²) in [5.74, 6) is 0.423. The van der Waals surface area contributed by atoms with Crippen LogP contribution in [0.1, 0.15) is 30.9 Å². The van der Waals surface area contributed by atoms with Crippen LogP contribution in [0.15, 0.2) is 192 Å². The van der Waals surface area contributed by atoms with Gasteiger partial charge in [-0.25, -0.2) is 0 Å². The van der Waals surface area contributed by atoms with E-state index in [2.05, 4.69) is 185 Å². The van der Waals surface area contributed by atoms with Crippen molar-refractivity contribution in [3.8, 4) is 5.69 Å². The molecular weight excluding hydrogens is 643 g/mol. The van der Waals surface area contributed by atoms with E-state index in [1.807, 2.05) is 0 Å². The van der Waals surface area contributed by atoms with Gasteiger partial charge in [0.05, 0.1) is 17.1 Å². The van der Waals surface area contributed by atoms with Crippen molar-refractivity contribution in [1.82, 2.24) is 15.2 Å². The molecule has 2 N–H and O–H groups in total. The Labute approximate surface area is 309 Å². The molecule has 0 fully saturated rings. The van der Waals surface area contributed by atoms with Gasteiger partial charge in [0.1, 0.15) is 6.17 Å². The van der Waals surface area contributed by atoms with Crippen molar-refractivity contribution < 1.29 is 0 Å². The smallest absolute Gasteiger partial charge is 0.100 e. The number of hydrogen-bond donors (Lipinski definition) is 2. The quantitative estimate of drug-likeness (QED) is 0.181. The highest BCUT2D eigenvalue weighted by Crippen LogP contribution is 2.45. The lowest BCUT2D eigenvalue weighted by Crippen LogP contribution is -2.49. The molecule has 2 heterocycles. The lowest BCUT2D eigenvalue weighted by atomic mass is 9.83. The van der Waals surface area contributed by atoms with Gasteiger partial charge in [0.2, 0.25) is 0 Å². The van der Waals surface area contributed by atoms with Gasteiger partial charge in [-0.1, -0.05) is 146 Å². The average Bonchev–Trinajstić information content (AvgIpc) is 3.59. The Hall–Kier alpha value is -6.16. The first kappa shape index (κ1) is 30.5. The Morgan fingerprint density at radius 2 is 1.51 bits per heavy atom. The van der Waals surface area contributed by atoms with Crippen LogP contribution in [0.5, 0.6) is 0 Å². The summed E-state index contributed by atoms with van der Waals surface area (Å²) in [6.45, 7) is 0. The Morgan fingerprint density at radius 1 is 0.660 bits per heavy atom. The molecule has 0 radical (unpaired) electrons. The third-order valence-electron chi connectivity index (χ3n) is 11.8. The van der Waals surface area contributed by atoms with Gasteiger partial charge in [0, 0.05) is 38.8 Å². The van der Waals surface area contributed by atoms with E-state index in [1.54, 1.807) is 0 Å².